The number of thioether (sulfide) groups is 1. The fourth-order valence-corrected chi connectivity index (χ4v) is 3.98. The summed E-state index contributed by atoms with van der Waals surface area (Å²) in [6, 6.07) is 23.5. The maximum absolute atomic E-state index is 12.4. The predicted octanol–water partition coefficient (Wildman–Crippen LogP) is 4.35. The van der Waals surface area contributed by atoms with Crippen molar-refractivity contribution in [2.45, 2.75) is 11.7 Å². The summed E-state index contributed by atoms with van der Waals surface area (Å²) >= 11 is 1.38. The van der Waals surface area contributed by atoms with Crippen molar-refractivity contribution in [3.63, 3.8) is 0 Å². The monoisotopic (exact) mass is 430 g/mol. The van der Waals surface area contributed by atoms with Crippen LogP contribution in [-0.4, -0.2) is 33.3 Å². The number of ether oxygens (including phenoxy) is 1. The molecule has 7 heteroatoms. The molecule has 1 N–H and O–H groups in total. The molecular weight excluding hydrogens is 408 g/mol. The Hall–Kier alpha value is -3.58. The van der Waals surface area contributed by atoms with Gasteiger partial charge in [-0.1, -0.05) is 60.3 Å². The van der Waals surface area contributed by atoms with E-state index in [0.717, 1.165) is 33.5 Å². The van der Waals surface area contributed by atoms with Crippen LogP contribution in [0.5, 0.6) is 5.75 Å². The lowest BCUT2D eigenvalue weighted by Gasteiger charge is -2.15. The molecule has 2 aromatic carbocycles. The number of amides is 1. The van der Waals surface area contributed by atoms with Gasteiger partial charge < -0.3 is 10.1 Å². The zero-order valence-electron chi connectivity index (χ0n) is 17.1. The molecule has 0 unspecified atom stereocenters. The molecule has 0 spiro atoms. The van der Waals surface area contributed by atoms with Gasteiger partial charge in [0.15, 0.2) is 5.16 Å². The molecule has 0 aliphatic carbocycles. The SMILES string of the molecule is COc1ccccc1-n1c(-c2ccccc2)cnc1SCC(=O)NCc1ccccn1. The van der Waals surface area contributed by atoms with Crippen LogP contribution >= 0.6 is 11.8 Å². The number of rotatable bonds is 8. The molecule has 0 radical (unpaired) electrons. The Kier molecular flexibility index (Phi) is 6.64. The average Bonchev–Trinajstić information content (AvgIpc) is 3.26. The zero-order valence-corrected chi connectivity index (χ0v) is 17.9. The molecule has 31 heavy (non-hydrogen) atoms. The van der Waals surface area contributed by atoms with Crippen LogP contribution in [0.2, 0.25) is 0 Å². The van der Waals surface area contributed by atoms with Crippen LogP contribution in [-0.2, 0) is 11.3 Å². The number of para-hydroxylation sites is 2. The van der Waals surface area contributed by atoms with Crippen molar-refractivity contribution < 1.29 is 9.53 Å². The van der Waals surface area contributed by atoms with Crippen molar-refractivity contribution in [2.75, 3.05) is 12.9 Å². The van der Waals surface area contributed by atoms with E-state index in [-0.39, 0.29) is 11.7 Å². The van der Waals surface area contributed by atoms with Crippen LogP contribution in [0, 0.1) is 0 Å². The van der Waals surface area contributed by atoms with Crippen LogP contribution < -0.4 is 10.1 Å². The van der Waals surface area contributed by atoms with Gasteiger partial charge in [-0.25, -0.2) is 4.98 Å². The summed E-state index contributed by atoms with van der Waals surface area (Å²) in [5.74, 6) is 0.901. The number of nitrogens with zero attached hydrogens (tertiary/aromatic N) is 3. The molecule has 0 saturated heterocycles. The van der Waals surface area contributed by atoms with E-state index >= 15 is 0 Å². The van der Waals surface area contributed by atoms with E-state index in [1.165, 1.54) is 11.8 Å². The number of carbonyl (C=O) groups is 1. The van der Waals surface area contributed by atoms with Crippen molar-refractivity contribution in [3.8, 4) is 22.7 Å². The topological polar surface area (TPSA) is 69.0 Å². The predicted molar refractivity (Wildman–Crippen MR) is 122 cm³/mol. The molecule has 0 aliphatic rings. The highest BCUT2D eigenvalue weighted by Crippen LogP contribution is 2.33. The number of hydrogen-bond acceptors (Lipinski definition) is 5. The number of methoxy groups -OCH3 is 1. The van der Waals surface area contributed by atoms with E-state index in [2.05, 4.69) is 15.3 Å². The largest absolute Gasteiger partial charge is 0.495 e. The van der Waals surface area contributed by atoms with Gasteiger partial charge in [-0.3, -0.25) is 14.3 Å². The van der Waals surface area contributed by atoms with Gasteiger partial charge in [-0.05, 0) is 24.3 Å². The molecular formula is C24H22N4O2S. The highest BCUT2D eigenvalue weighted by molar-refractivity contribution is 7.99. The van der Waals surface area contributed by atoms with E-state index in [4.69, 9.17) is 4.74 Å². The molecule has 0 atom stereocenters. The number of carbonyl (C=O) groups excluding carboxylic acids is 1. The van der Waals surface area contributed by atoms with Gasteiger partial charge in [0, 0.05) is 11.8 Å². The lowest BCUT2D eigenvalue weighted by molar-refractivity contribution is -0.118. The Morgan fingerprint density at radius 3 is 2.55 bits per heavy atom. The normalized spacial score (nSPS) is 10.6. The number of benzene rings is 2. The first-order valence-electron chi connectivity index (χ1n) is 9.82. The number of hydrogen-bond donors (Lipinski definition) is 1. The van der Waals surface area contributed by atoms with Gasteiger partial charge in [-0.2, -0.15) is 0 Å². The van der Waals surface area contributed by atoms with Crippen molar-refractivity contribution >= 4 is 17.7 Å². The minimum Gasteiger partial charge on any atom is -0.495 e. The van der Waals surface area contributed by atoms with Gasteiger partial charge in [0.05, 0.1) is 42.7 Å². The number of pyridine rings is 1. The van der Waals surface area contributed by atoms with E-state index in [0.29, 0.717) is 6.54 Å². The molecule has 4 rings (SSSR count). The zero-order chi connectivity index (χ0) is 21.5. The Morgan fingerprint density at radius 2 is 1.77 bits per heavy atom. The smallest absolute Gasteiger partial charge is 0.230 e. The molecule has 4 aromatic rings. The van der Waals surface area contributed by atoms with Crippen molar-refractivity contribution in [2.24, 2.45) is 0 Å². The maximum atomic E-state index is 12.4. The fourth-order valence-electron chi connectivity index (χ4n) is 3.17. The number of nitrogens with one attached hydrogen (secondary N) is 1. The van der Waals surface area contributed by atoms with E-state index in [1.807, 2.05) is 83.6 Å². The molecule has 0 fully saturated rings. The minimum atomic E-state index is -0.0773. The third-order valence-corrected chi connectivity index (χ3v) is 5.60. The minimum absolute atomic E-state index is 0.0773. The van der Waals surface area contributed by atoms with Crippen LogP contribution in [0.4, 0.5) is 0 Å². The highest BCUT2D eigenvalue weighted by atomic mass is 32.2. The number of imidazole rings is 1. The van der Waals surface area contributed by atoms with Crippen LogP contribution in [0.25, 0.3) is 16.9 Å². The molecule has 156 valence electrons. The average molecular weight is 431 g/mol. The Morgan fingerprint density at radius 1 is 1.00 bits per heavy atom. The second-order valence-electron chi connectivity index (χ2n) is 6.69. The van der Waals surface area contributed by atoms with Crippen LogP contribution in [0.1, 0.15) is 5.69 Å². The summed E-state index contributed by atoms with van der Waals surface area (Å²) < 4.78 is 7.62. The first kappa shape index (κ1) is 20.7. The first-order valence-corrected chi connectivity index (χ1v) is 10.8. The van der Waals surface area contributed by atoms with Gasteiger partial charge >= 0.3 is 0 Å². The van der Waals surface area contributed by atoms with E-state index < -0.39 is 0 Å². The standard InChI is InChI=1S/C24H22N4O2S/c1-30-22-13-6-5-12-20(22)28-21(18-9-3-2-4-10-18)16-27-24(28)31-17-23(29)26-15-19-11-7-8-14-25-19/h2-14,16H,15,17H2,1H3,(H,26,29). The summed E-state index contributed by atoms with van der Waals surface area (Å²) in [4.78, 5) is 21.3. The first-order chi connectivity index (χ1) is 15.3. The molecule has 6 nitrogen and oxygen atoms in total. The van der Waals surface area contributed by atoms with Gasteiger partial charge in [0.2, 0.25) is 5.91 Å². The number of aromatic nitrogens is 3. The molecule has 2 heterocycles. The second kappa shape index (κ2) is 9.95. The summed E-state index contributed by atoms with van der Waals surface area (Å²) in [6.07, 6.45) is 3.54. The van der Waals surface area contributed by atoms with E-state index in [1.54, 1.807) is 13.3 Å². The summed E-state index contributed by atoms with van der Waals surface area (Å²) in [5.41, 5.74) is 3.66. The maximum Gasteiger partial charge on any atom is 0.230 e. The third-order valence-electron chi connectivity index (χ3n) is 4.65. The molecule has 0 bridgehead atoms. The fraction of sp³-hybridized carbons (Fsp3) is 0.125. The Balaban J connectivity index is 1.57. The van der Waals surface area contributed by atoms with Crippen molar-refractivity contribution in [1.29, 1.82) is 0 Å². The van der Waals surface area contributed by atoms with Gasteiger partial charge in [0.25, 0.3) is 0 Å². The lowest BCUT2D eigenvalue weighted by Crippen LogP contribution is -2.25. The van der Waals surface area contributed by atoms with Gasteiger partial charge in [0.1, 0.15) is 5.75 Å². The third kappa shape index (κ3) is 4.95. The van der Waals surface area contributed by atoms with Crippen molar-refractivity contribution in [1.82, 2.24) is 19.9 Å². The Labute approximate surface area is 185 Å². The highest BCUT2D eigenvalue weighted by Gasteiger charge is 2.18. The van der Waals surface area contributed by atoms with Crippen LogP contribution in [0.15, 0.2) is 90.3 Å². The lowest BCUT2D eigenvalue weighted by atomic mass is 10.1. The summed E-state index contributed by atoms with van der Waals surface area (Å²) in [7, 11) is 1.65. The quantitative estimate of drug-likeness (QED) is 0.421. The Bertz CT molecular complexity index is 1150. The molecule has 0 aliphatic heterocycles. The summed E-state index contributed by atoms with van der Waals surface area (Å²) in [5, 5.41) is 3.62. The van der Waals surface area contributed by atoms with Crippen LogP contribution in [0.3, 0.4) is 0 Å². The van der Waals surface area contributed by atoms with E-state index in [9.17, 15) is 4.79 Å². The molecule has 1 amide bonds. The molecule has 0 saturated carbocycles. The second-order valence-corrected chi connectivity index (χ2v) is 7.63. The summed E-state index contributed by atoms with van der Waals surface area (Å²) in [6.45, 7) is 0.399. The van der Waals surface area contributed by atoms with Gasteiger partial charge in [-0.15, -0.1) is 0 Å². The molecule has 2 aromatic heterocycles. The van der Waals surface area contributed by atoms with Crippen molar-refractivity contribution in [3.05, 3.63) is 90.9 Å².